The van der Waals surface area contributed by atoms with Crippen molar-refractivity contribution in [2.75, 3.05) is 13.1 Å². The highest BCUT2D eigenvalue weighted by Crippen LogP contribution is 2.26. The van der Waals surface area contributed by atoms with E-state index in [1.165, 1.54) is 0 Å². The van der Waals surface area contributed by atoms with Crippen molar-refractivity contribution >= 4 is 27.3 Å². The van der Waals surface area contributed by atoms with Gasteiger partial charge in [-0.2, -0.15) is 5.26 Å². The zero-order valence-electron chi connectivity index (χ0n) is 10.2. The molecule has 0 radical (unpaired) electrons. The molecule has 0 spiro atoms. The van der Waals surface area contributed by atoms with Crippen molar-refractivity contribution in [3.8, 4) is 6.07 Å². The van der Waals surface area contributed by atoms with E-state index in [2.05, 4.69) is 6.07 Å². The molecule has 0 saturated heterocycles. The first kappa shape index (κ1) is 12.6. The molecule has 1 amide bonds. The third-order valence-corrected chi connectivity index (χ3v) is 3.72. The molecule has 1 aromatic carbocycles. The van der Waals surface area contributed by atoms with E-state index in [9.17, 15) is 4.79 Å². The molecule has 0 bridgehead atoms. The Morgan fingerprint density at radius 2 is 2.22 bits per heavy atom. The molecule has 0 aliphatic rings. The normalized spacial score (nSPS) is 10.2. The second-order valence-corrected chi connectivity index (χ2v) is 4.94. The van der Waals surface area contributed by atoms with Gasteiger partial charge in [0.05, 0.1) is 11.6 Å². The number of amides is 1. The Hall–Kier alpha value is -1.86. The monoisotopic (exact) mass is 258 g/mol. The van der Waals surface area contributed by atoms with E-state index >= 15 is 0 Å². The van der Waals surface area contributed by atoms with Gasteiger partial charge in [-0.3, -0.25) is 4.79 Å². The Labute approximate surface area is 110 Å². The molecule has 0 unspecified atom stereocenters. The number of nitriles is 1. The van der Waals surface area contributed by atoms with Gasteiger partial charge in [-0.25, -0.2) is 0 Å². The van der Waals surface area contributed by atoms with E-state index in [1.54, 1.807) is 16.2 Å². The highest BCUT2D eigenvalue weighted by Gasteiger charge is 2.18. The molecule has 0 aliphatic heterocycles. The van der Waals surface area contributed by atoms with E-state index in [4.69, 9.17) is 5.26 Å². The first-order valence-electron chi connectivity index (χ1n) is 5.90. The van der Waals surface area contributed by atoms with Gasteiger partial charge in [0.2, 0.25) is 0 Å². The maximum absolute atomic E-state index is 12.4. The smallest absolute Gasteiger partial charge is 0.256 e. The summed E-state index contributed by atoms with van der Waals surface area (Å²) in [4.78, 5) is 14.0. The molecule has 1 aromatic heterocycles. The molecule has 0 N–H and O–H groups in total. The van der Waals surface area contributed by atoms with E-state index in [0.29, 0.717) is 12.1 Å². The van der Waals surface area contributed by atoms with Crippen molar-refractivity contribution in [2.45, 2.75) is 13.3 Å². The summed E-state index contributed by atoms with van der Waals surface area (Å²) in [5, 5.41) is 11.6. The third kappa shape index (κ3) is 2.36. The molecular weight excluding hydrogens is 244 g/mol. The number of hydrogen-bond donors (Lipinski definition) is 0. The van der Waals surface area contributed by atoms with Crippen molar-refractivity contribution < 1.29 is 4.79 Å². The molecule has 0 atom stereocenters. The van der Waals surface area contributed by atoms with Crippen LogP contribution < -0.4 is 0 Å². The van der Waals surface area contributed by atoms with Crippen molar-refractivity contribution in [3.63, 3.8) is 0 Å². The number of thiophene rings is 1. The second-order valence-electron chi connectivity index (χ2n) is 4.03. The van der Waals surface area contributed by atoms with Gasteiger partial charge in [0.25, 0.3) is 5.91 Å². The van der Waals surface area contributed by atoms with Crippen LogP contribution in [-0.4, -0.2) is 23.9 Å². The minimum atomic E-state index is -0.0455. The molecule has 3 nitrogen and oxygen atoms in total. The van der Waals surface area contributed by atoms with Gasteiger partial charge in [0.15, 0.2) is 0 Å². The lowest BCUT2D eigenvalue weighted by Gasteiger charge is -2.18. The number of nitrogens with zero attached hydrogens (tertiary/aromatic N) is 2. The molecule has 2 rings (SSSR count). The third-order valence-electron chi connectivity index (χ3n) is 2.75. The Morgan fingerprint density at radius 1 is 1.44 bits per heavy atom. The summed E-state index contributed by atoms with van der Waals surface area (Å²) in [7, 11) is 0. The lowest BCUT2D eigenvalue weighted by atomic mass is 10.1. The minimum absolute atomic E-state index is 0.0455. The number of carbonyl (C=O) groups excluding carboxylic acids is 1. The summed E-state index contributed by atoms with van der Waals surface area (Å²) in [6, 6.07) is 9.91. The molecule has 0 fully saturated rings. The number of hydrogen-bond acceptors (Lipinski definition) is 3. The average molecular weight is 258 g/mol. The van der Waals surface area contributed by atoms with Crippen molar-refractivity contribution in [2.24, 2.45) is 0 Å². The summed E-state index contributed by atoms with van der Waals surface area (Å²) >= 11 is 1.57. The van der Waals surface area contributed by atoms with Crippen LogP contribution in [0.2, 0.25) is 0 Å². The van der Waals surface area contributed by atoms with Crippen LogP contribution >= 0.6 is 11.3 Å². The maximum Gasteiger partial charge on any atom is 0.256 e. The van der Waals surface area contributed by atoms with Crippen molar-refractivity contribution in [1.82, 2.24) is 4.90 Å². The van der Waals surface area contributed by atoms with Gasteiger partial charge >= 0.3 is 0 Å². The van der Waals surface area contributed by atoms with Gasteiger partial charge in [0.1, 0.15) is 6.54 Å². The summed E-state index contributed by atoms with van der Waals surface area (Å²) < 4.78 is 1.11. The van der Waals surface area contributed by atoms with Crippen LogP contribution in [0.15, 0.2) is 29.6 Å². The summed E-state index contributed by atoms with van der Waals surface area (Å²) in [5.74, 6) is -0.0455. The molecular formula is C14H14N2OS. The van der Waals surface area contributed by atoms with Crippen molar-refractivity contribution in [3.05, 3.63) is 35.2 Å². The Kier molecular flexibility index (Phi) is 3.96. The fourth-order valence-corrected chi connectivity index (χ4v) is 2.86. The Balaban J connectivity index is 2.35. The van der Waals surface area contributed by atoms with Crippen LogP contribution in [-0.2, 0) is 0 Å². The van der Waals surface area contributed by atoms with Crippen molar-refractivity contribution in [1.29, 1.82) is 5.26 Å². The minimum Gasteiger partial charge on any atom is -0.325 e. The summed E-state index contributed by atoms with van der Waals surface area (Å²) in [6.45, 7) is 2.77. The second kappa shape index (κ2) is 5.65. The maximum atomic E-state index is 12.4. The molecule has 92 valence electrons. The lowest BCUT2D eigenvalue weighted by molar-refractivity contribution is 0.0778. The first-order valence-corrected chi connectivity index (χ1v) is 6.78. The highest BCUT2D eigenvalue weighted by atomic mass is 32.1. The van der Waals surface area contributed by atoms with Gasteiger partial charge in [-0.15, -0.1) is 11.3 Å². The quantitative estimate of drug-likeness (QED) is 0.790. The zero-order chi connectivity index (χ0) is 13.0. The topological polar surface area (TPSA) is 44.1 Å². The SMILES string of the molecule is CCCN(CC#N)C(=O)c1csc2ccccc12. The first-order chi connectivity index (χ1) is 8.77. The molecule has 0 saturated carbocycles. The zero-order valence-corrected chi connectivity index (χ0v) is 11.0. The molecule has 18 heavy (non-hydrogen) atoms. The summed E-state index contributed by atoms with van der Waals surface area (Å²) in [5.41, 5.74) is 0.708. The van der Waals surface area contributed by atoms with E-state index in [1.807, 2.05) is 36.6 Å². The van der Waals surface area contributed by atoms with Gasteiger partial charge in [-0.05, 0) is 12.5 Å². The average Bonchev–Trinajstić information content (AvgIpc) is 2.81. The Bertz CT molecular complexity index is 597. The fraction of sp³-hybridized carbons (Fsp3) is 0.286. The fourth-order valence-electron chi connectivity index (χ4n) is 1.92. The van der Waals surface area contributed by atoms with E-state index in [0.717, 1.165) is 16.5 Å². The highest BCUT2D eigenvalue weighted by molar-refractivity contribution is 7.17. The number of benzene rings is 1. The molecule has 4 heteroatoms. The number of rotatable bonds is 4. The summed E-state index contributed by atoms with van der Waals surface area (Å²) in [6.07, 6.45) is 0.857. The standard InChI is InChI=1S/C14H14N2OS/c1-2-8-16(9-7-15)14(17)12-10-18-13-6-4-3-5-11(12)13/h3-6,10H,2,8-9H2,1H3. The molecule has 0 aliphatic carbocycles. The predicted molar refractivity (Wildman–Crippen MR) is 73.6 cm³/mol. The van der Waals surface area contributed by atoms with Crippen LogP contribution in [0.25, 0.3) is 10.1 Å². The van der Waals surface area contributed by atoms with Gasteiger partial charge < -0.3 is 4.90 Å². The van der Waals surface area contributed by atoms with E-state index < -0.39 is 0 Å². The molecule has 1 heterocycles. The van der Waals surface area contributed by atoms with Crippen LogP contribution in [0, 0.1) is 11.3 Å². The van der Waals surface area contributed by atoms with Crippen LogP contribution in [0.4, 0.5) is 0 Å². The van der Waals surface area contributed by atoms with E-state index in [-0.39, 0.29) is 12.5 Å². The Morgan fingerprint density at radius 3 is 2.94 bits per heavy atom. The van der Waals surface area contributed by atoms with Gasteiger partial charge in [0, 0.05) is 22.0 Å². The largest absolute Gasteiger partial charge is 0.325 e. The number of fused-ring (bicyclic) bond motifs is 1. The predicted octanol–water partition coefficient (Wildman–Crippen LogP) is 3.28. The van der Waals surface area contributed by atoms with Crippen LogP contribution in [0.5, 0.6) is 0 Å². The molecule has 2 aromatic rings. The number of carbonyl (C=O) groups is 1. The van der Waals surface area contributed by atoms with Gasteiger partial charge in [-0.1, -0.05) is 25.1 Å². The lowest BCUT2D eigenvalue weighted by Crippen LogP contribution is -2.31. The van der Waals surface area contributed by atoms with Crippen LogP contribution in [0.1, 0.15) is 23.7 Å². The van der Waals surface area contributed by atoms with Crippen LogP contribution in [0.3, 0.4) is 0 Å².